The smallest absolute Gasteiger partial charge is 0.147 e. The quantitative estimate of drug-likeness (QED) is 0.783. The molecule has 0 N–H and O–H groups in total. The number of furan rings is 1. The van der Waals surface area contributed by atoms with E-state index in [1.54, 1.807) is 24.3 Å². The van der Waals surface area contributed by atoms with E-state index in [9.17, 15) is 4.79 Å². The van der Waals surface area contributed by atoms with Crippen LogP contribution in [0.1, 0.15) is 5.56 Å². The predicted octanol–water partition coefficient (Wildman–Crippen LogP) is 3.95. The van der Waals surface area contributed by atoms with E-state index in [4.69, 9.17) is 4.42 Å². The summed E-state index contributed by atoms with van der Waals surface area (Å²) in [5.74, 6) is 0.701. The maximum atomic E-state index is 11.7. The number of halogens is 1. The number of benzene rings is 1. The van der Waals surface area contributed by atoms with Gasteiger partial charge in [0.05, 0.1) is 18.3 Å². The van der Waals surface area contributed by atoms with Crippen LogP contribution in [0.4, 0.5) is 0 Å². The number of Topliss-reactive ketones (excluding diaryl/α,β-unsaturated/α-hetero) is 1. The zero-order chi connectivity index (χ0) is 12.1. The highest BCUT2D eigenvalue weighted by Crippen LogP contribution is 2.20. The Morgan fingerprint density at radius 1 is 1.24 bits per heavy atom. The average Bonchev–Trinajstić information content (AvgIpc) is 2.81. The second-order valence-electron chi connectivity index (χ2n) is 3.59. The fourth-order valence-electron chi connectivity index (χ4n) is 1.37. The molecule has 0 atom stereocenters. The van der Waals surface area contributed by atoms with Gasteiger partial charge >= 0.3 is 0 Å². The van der Waals surface area contributed by atoms with Gasteiger partial charge in [0.25, 0.3) is 0 Å². The van der Waals surface area contributed by atoms with Crippen LogP contribution in [0.2, 0.25) is 0 Å². The third-order valence-corrected chi connectivity index (χ3v) is 3.80. The molecule has 1 aromatic carbocycles. The van der Waals surface area contributed by atoms with Crippen LogP contribution in [0.25, 0.3) is 0 Å². The average molecular weight is 311 g/mol. The largest absolute Gasteiger partial charge is 0.472 e. The molecule has 2 nitrogen and oxygen atoms in total. The summed E-state index contributed by atoms with van der Waals surface area (Å²) in [6.45, 7) is 0. The Bertz CT molecular complexity index is 477. The van der Waals surface area contributed by atoms with Crippen molar-refractivity contribution in [3.8, 4) is 0 Å². The molecule has 88 valence electrons. The lowest BCUT2D eigenvalue weighted by atomic mass is 10.2. The lowest BCUT2D eigenvalue weighted by molar-refractivity contribution is -0.116. The minimum absolute atomic E-state index is 0.208. The van der Waals surface area contributed by atoms with Crippen molar-refractivity contribution in [2.75, 3.05) is 5.75 Å². The van der Waals surface area contributed by atoms with Crippen LogP contribution in [0.3, 0.4) is 0 Å². The molecule has 17 heavy (non-hydrogen) atoms. The van der Waals surface area contributed by atoms with E-state index in [0.717, 1.165) is 14.9 Å². The van der Waals surface area contributed by atoms with E-state index in [0.29, 0.717) is 12.2 Å². The second kappa shape index (κ2) is 6.07. The van der Waals surface area contributed by atoms with Crippen LogP contribution >= 0.6 is 27.7 Å². The van der Waals surface area contributed by atoms with Gasteiger partial charge in [-0.1, -0.05) is 15.9 Å². The number of hydrogen-bond acceptors (Lipinski definition) is 3. The maximum absolute atomic E-state index is 11.7. The number of carbonyl (C=O) groups excluding carboxylic acids is 1. The summed E-state index contributed by atoms with van der Waals surface area (Å²) in [6.07, 6.45) is 3.65. The lowest BCUT2D eigenvalue weighted by Crippen LogP contribution is -2.04. The molecule has 0 aliphatic heterocycles. The minimum Gasteiger partial charge on any atom is -0.472 e. The molecule has 0 saturated heterocycles. The first-order chi connectivity index (χ1) is 8.24. The van der Waals surface area contributed by atoms with Crippen molar-refractivity contribution >= 4 is 33.5 Å². The number of rotatable bonds is 5. The maximum Gasteiger partial charge on any atom is 0.147 e. The Morgan fingerprint density at radius 2 is 2.00 bits per heavy atom. The van der Waals surface area contributed by atoms with Crippen molar-refractivity contribution in [2.45, 2.75) is 11.3 Å². The number of thioether (sulfide) groups is 1. The highest BCUT2D eigenvalue weighted by molar-refractivity contribution is 9.10. The fourth-order valence-corrected chi connectivity index (χ4v) is 2.39. The second-order valence-corrected chi connectivity index (χ2v) is 5.55. The molecule has 2 rings (SSSR count). The Labute approximate surface area is 113 Å². The zero-order valence-corrected chi connectivity index (χ0v) is 11.5. The monoisotopic (exact) mass is 310 g/mol. The summed E-state index contributed by atoms with van der Waals surface area (Å²) in [4.78, 5) is 12.8. The molecule has 0 fully saturated rings. The van der Waals surface area contributed by atoms with E-state index in [1.165, 1.54) is 0 Å². The summed E-state index contributed by atoms with van der Waals surface area (Å²) >= 11 is 4.94. The van der Waals surface area contributed by atoms with Crippen LogP contribution in [0, 0.1) is 0 Å². The molecule has 1 aromatic heterocycles. The molecule has 0 bridgehead atoms. The summed E-state index contributed by atoms with van der Waals surface area (Å²) in [6, 6.07) is 9.77. The van der Waals surface area contributed by atoms with E-state index in [1.807, 2.05) is 30.3 Å². The summed E-state index contributed by atoms with van der Waals surface area (Å²) < 4.78 is 5.97. The minimum atomic E-state index is 0.208. The zero-order valence-electron chi connectivity index (χ0n) is 9.06. The van der Waals surface area contributed by atoms with Crippen molar-refractivity contribution < 1.29 is 9.21 Å². The van der Waals surface area contributed by atoms with Gasteiger partial charge in [-0.3, -0.25) is 4.79 Å². The third kappa shape index (κ3) is 4.06. The van der Waals surface area contributed by atoms with Gasteiger partial charge in [-0.05, 0) is 35.9 Å². The van der Waals surface area contributed by atoms with Crippen LogP contribution < -0.4 is 0 Å². The van der Waals surface area contributed by atoms with Gasteiger partial charge < -0.3 is 4.42 Å². The summed E-state index contributed by atoms with van der Waals surface area (Å²) in [5, 5.41) is 0. The van der Waals surface area contributed by atoms with Gasteiger partial charge in [-0.15, -0.1) is 11.8 Å². The van der Waals surface area contributed by atoms with Gasteiger partial charge in [0.1, 0.15) is 5.78 Å². The first-order valence-corrected chi connectivity index (χ1v) is 6.93. The Kier molecular flexibility index (Phi) is 4.45. The first kappa shape index (κ1) is 12.5. The van der Waals surface area contributed by atoms with E-state index >= 15 is 0 Å². The Balaban J connectivity index is 1.82. The number of carbonyl (C=O) groups is 1. The highest BCUT2D eigenvalue weighted by atomic mass is 79.9. The normalized spacial score (nSPS) is 10.4. The SMILES string of the molecule is O=C(CSc1ccc(Br)cc1)Cc1ccoc1. The fraction of sp³-hybridized carbons (Fsp3) is 0.154. The molecule has 2 aromatic rings. The molecule has 0 unspecified atom stereocenters. The van der Waals surface area contributed by atoms with Crippen molar-refractivity contribution in [1.82, 2.24) is 0 Å². The molecular formula is C13H11BrO2S. The first-order valence-electron chi connectivity index (χ1n) is 5.15. The molecule has 0 amide bonds. The molecule has 1 heterocycles. The lowest BCUT2D eigenvalue weighted by Gasteiger charge is -2.00. The van der Waals surface area contributed by atoms with Crippen molar-refractivity contribution in [1.29, 1.82) is 0 Å². The van der Waals surface area contributed by atoms with Gasteiger partial charge in [0.15, 0.2) is 0 Å². The van der Waals surface area contributed by atoms with Crippen LogP contribution in [-0.2, 0) is 11.2 Å². The Morgan fingerprint density at radius 3 is 2.65 bits per heavy atom. The van der Waals surface area contributed by atoms with Crippen LogP contribution in [-0.4, -0.2) is 11.5 Å². The van der Waals surface area contributed by atoms with Gasteiger partial charge in [0.2, 0.25) is 0 Å². The molecular weight excluding hydrogens is 300 g/mol. The van der Waals surface area contributed by atoms with Gasteiger partial charge in [-0.25, -0.2) is 0 Å². The van der Waals surface area contributed by atoms with E-state index < -0.39 is 0 Å². The van der Waals surface area contributed by atoms with Crippen LogP contribution in [0.5, 0.6) is 0 Å². The van der Waals surface area contributed by atoms with Crippen LogP contribution in [0.15, 0.2) is 56.6 Å². The highest BCUT2D eigenvalue weighted by Gasteiger charge is 2.05. The molecule has 4 heteroatoms. The number of hydrogen-bond donors (Lipinski definition) is 0. The number of ketones is 1. The predicted molar refractivity (Wildman–Crippen MR) is 72.3 cm³/mol. The Hall–Kier alpha value is -1.00. The topological polar surface area (TPSA) is 30.2 Å². The molecule has 0 saturated carbocycles. The molecule has 0 aliphatic rings. The third-order valence-electron chi connectivity index (χ3n) is 2.19. The van der Waals surface area contributed by atoms with E-state index in [2.05, 4.69) is 15.9 Å². The van der Waals surface area contributed by atoms with E-state index in [-0.39, 0.29) is 5.78 Å². The summed E-state index contributed by atoms with van der Waals surface area (Å²) in [5.41, 5.74) is 0.936. The summed E-state index contributed by atoms with van der Waals surface area (Å²) in [7, 11) is 0. The molecule has 0 aliphatic carbocycles. The van der Waals surface area contributed by atoms with Crippen molar-refractivity contribution in [3.63, 3.8) is 0 Å². The molecule has 0 spiro atoms. The van der Waals surface area contributed by atoms with Crippen molar-refractivity contribution in [3.05, 3.63) is 52.9 Å². The van der Waals surface area contributed by atoms with Gasteiger partial charge in [0, 0.05) is 15.8 Å². The molecule has 0 radical (unpaired) electrons. The van der Waals surface area contributed by atoms with Crippen molar-refractivity contribution in [2.24, 2.45) is 0 Å². The standard InChI is InChI=1S/C13H11BrO2S/c14-11-1-3-13(4-2-11)17-9-12(15)7-10-5-6-16-8-10/h1-6,8H,7,9H2. The van der Waals surface area contributed by atoms with Gasteiger partial charge in [-0.2, -0.15) is 0 Å².